The molecule has 2 aromatic heterocycles. The number of nitrogens with zero attached hydrogens (tertiary/aromatic N) is 4. The number of fused-ring (bicyclic) bond motifs is 1. The number of imidazole rings is 1. The molecule has 0 saturated carbocycles. The number of halogens is 1. The van der Waals surface area contributed by atoms with Crippen LogP contribution >= 0.6 is 15.9 Å². The lowest BCUT2D eigenvalue weighted by molar-refractivity contribution is 1.08. The van der Waals surface area contributed by atoms with Crippen LogP contribution in [0.3, 0.4) is 0 Å². The smallest absolute Gasteiger partial charge is 0.157 e. The number of hydrogen-bond acceptors (Lipinski definition) is 3. The molecule has 5 heteroatoms. The lowest BCUT2D eigenvalue weighted by Gasteiger charge is -1.93. The van der Waals surface area contributed by atoms with Crippen molar-refractivity contribution in [3.63, 3.8) is 0 Å². The Labute approximate surface area is 76.6 Å². The third kappa shape index (κ3) is 0.970. The highest BCUT2D eigenvalue weighted by atomic mass is 79.9. The van der Waals surface area contributed by atoms with Gasteiger partial charge in [-0.25, -0.2) is 9.97 Å². The summed E-state index contributed by atoms with van der Waals surface area (Å²) < 4.78 is 2.57. The minimum absolute atomic E-state index is 0.376. The van der Waals surface area contributed by atoms with Crippen molar-refractivity contribution < 1.29 is 0 Å². The summed E-state index contributed by atoms with van der Waals surface area (Å²) in [6, 6.07) is 1.96. The molecule has 58 valence electrons. The molecule has 4 nitrogen and oxygen atoms in total. The topological polar surface area (TPSA) is 54.0 Å². The van der Waals surface area contributed by atoms with Crippen LogP contribution in [0.4, 0.5) is 0 Å². The first-order valence-electron chi connectivity index (χ1n) is 3.20. The van der Waals surface area contributed by atoms with Crippen molar-refractivity contribution >= 4 is 21.6 Å². The van der Waals surface area contributed by atoms with E-state index < -0.39 is 0 Å². The Morgan fingerprint density at radius 2 is 2.25 bits per heavy atom. The second kappa shape index (κ2) is 2.57. The monoisotopic (exact) mass is 222 g/mol. The van der Waals surface area contributed by atoms with Crippen molar-refractivity contribution in [2.45, 2.75) is 0 Å². The van der Waals surface area contributed by atoms with Crippen molar-refractivity contribution in [3.8, 4) is 6.07 Å². The fourth-order valence-corrected chi connectivity index (χ4v) is 1.30. The van der Waals surface area contributed by atoms with E-state index in [0.29, 0.717) is 5.69 Å². The van der Waals surface area contributed by atoms with Gasteiger partial charge < -0.3 is 0 Å². The Kier molecular flexibility index (Phi) is 1.55. The van der Waals surface area contributed by atoms with Crippen molar-refractivity contribution in [1.82, 2.24) is 14.4 Å². The first-order chi connectivity index (χ1) is 5.81. The van der Waals surface area contributed by atoms with Crippen molar-refractivity contribution in [3.05, 3.63) is 28.9 Å². The summed E-state index contributed by atoms with van der Waals surface area (Å²) in [5.74, 6) is 0. The van der Waals surface area contributed by atoms with Gasteiger partial charge in [-0.1, -0.05) is 0 Å². The molecule has 0 aromatic carbocycles. The summed E-state index contributed by atoms with van der Waals surface area (Å²) in [5.41, 5.74) is 1.10. The molecule has 0 amide bonds. The zero-order valence-electron chi connectivity index (χ0n) is 5.90. The van der Waals surface area contributed by atoms with E-state index in [1.165, 1.54) is 0 Å². The Morgan fingerprint density at radius 3 is 3.00 bits per heavy atom. The van der Waals surface area contributed by atoms with E-state index in [9.17, 15) is 0 Å². The molecule has 2 heterocycles. The van der Waals surface area contributed by atoms with Crippen LogP contribution in [0.5, 0.6) is 0 Å². The molecule has 0 bridgehead atoms. The number of rotatable bonds is 0. The van der Waals surface area contributed by atoms with Crippen molar-refractivity contribution in [2.75, 3.05) is 0 Å². The van der Waals surface area contributed by atoms with E-state index in [1.54, 1.807) is 23.0 Å². The molecule has 0 fully saturated rings. The average Bonchev–Trinajstić information content (AvgIpc) is 2.47. The normalized spacial score (nSPS) is 10.0. The first-order valence-corrected chi connectivity index (χ1v) is 3.99. The predicted octanol–water partition coefficient (Wildman–Crippen LogP) is 1.36. The van der Waals surface area contributed by atoms with Gasteiger partial charge in [-0.3, -0.25) is 4.40 Å². The van der Waals surface area contributed by atoms with Gasteiger partial charge >= 0.3 is 0 Å². The Balaban J connectivity index is 2.82. The lowest BCUT2D eigenvalue weighted by atomic mass is 10.5. The number of aromatic nitrogens is 3. The summed E-state index contributed by atoms with van der Waals surface area (Å²) in [7, 11) is 0. The molecular formula is C7H3BrN4. The highest BCUT2D eigenvalue weighted by Gasteiger charge is 2.00. The summed E-state index contributed by atoms with van der Waals surface area (Å²) >= 11 is 3.29. The molecule has 0 aliphatic carbocycles. The predicted molar refractivity (Wildman–Crippen MR) is 45.4 cm³/mol. The van der Waals surface area contributed by atoms with Crippen LogP contribution in [0.2, 0.25) is 0 Å². The zero-order chi connectivity index (χ0) is 8.55. The van der Waals surface area contributed by atoms with Crippen LogP contribution < -0.4 is 0 Å². The summed E-state index contributed by atoms with van der Waals surface area (Å²) in [6.45, 7) is 0. The average molecular weight is 223 g/mol. The molecule has 0 N–H and O–H groups in total. The quantitative estimate of drug-likeness (QED) is 0.677. The van der Waals surface area contributed by atoms with Crippen LogP contribution in [0.1, 0.15) is 5.69 Å². The summed E-state index contributed by atoms with van der Waals surface area (Å²) in [6.07, 6.45) is 4.86. The minimum atomic E-state index is 0.376. The largest absolute Gasteiger partial charge is 0.290 e. The van der Waals surface area contributed by atoms with Gasteiger partial charge in [0, 0.05) is 6.20 Å². The van der Waals surface area contributed by atoms with Crippen LogP contribution in [0.15, 0.2) is 23.2 Å². The molecule has 0 aliphatic rings. The molecule has 2 aromatic rings. The third-order valence-electron chi connectivity index (χ3n) is 1.47. The highest BCUT2D eigenvalue weighted by molar-refractivity contribution is 9.10. The van der Waals surface area contributed by atoms with Gasteiger partial charge in [0.2, 0.25) is 0 Å². The molecule has 2 rings (SSSR count). The fraction of sp³-hybridized carbons (Fsp3) is 0. The van der Waals surface area contributed by atoms with Crippen molar-refractivity contribution in [2.24, 2.45) is 0 Å². The SMILES string of the molecule is N#Cc1cn2c(Br)cnc2cn1. The van der Waals surface area contributed by atoms with E-state index >= 15 is 0 Å². The van der Waals surface area contributed by atoms with E-state index in [4.69, 9.17) is 5.26 Å². The summed E-state index contributed by atoms with van der Waals surface area (Å²) in [4.78, 5) is 7.91. The number of nitriles is 1. The van der Waals surface area contributed by atoms with Crippen LogP contribution in [0.25, 0.3) is 5.65 Å². The Bertz CT molecular complexity index is 468. The van der Waals surface area contributed by atoms with Gasteiger partial charge in [-0.05, 0) is 15.9 Å². The standard InChI is InChI=1S/C7H3BrN4/c8-6-2-11-7-3-10-5(1-9)4-12(6)7/h2-4H. The molecule has 0 atom stereocenters. The van der Waals surface area contributed by atoms with Crippen LogP contribution in [-0.4, -0.2) is 14.4 Å². The van der Waals surface area contributed by atoms with Gasteiger partial charge in [0.25, 0.3) is 0 Å². The lowest BCUT2D eigenvalue weighted by Crippen LogP contribution is -1.89. The highest BCUT2D eigenvalue weighted by Crippen LogP contribution is 2.11. The Hall–Kier alpha value is -1.41. The fourth-order valence-electron chi connectivity index (χ4n) is 0.917. The second-order valence-corrected chi connectivity index (χ2v) is 3.01. The van der Waals surface area contributed by atoms with Gasteiger partial charge in [0.1, 0.15) is 10.7 Å². The zero-order valence-corrected chi connectivity index (χ0v) is 7.48. The maximum Gasteiger partial charge on any atom is 0.157 e. The van der Waals surface area contributed by atoms with Crippen LogP contribution in [0, 0.1) is 11.3 Å². The molecule has 0 radical (unpaired) electrons. The molecule has 0 spiro atoms. The van der Waals surface area contributed by atoms with Gasteiger partial charge in [-0.2, -0.15) is 5.26 Å². The third-order valence-corrected chi connectivity index (χ3v) is 2.05. The van der Waals surface area contributed by atoms with E-state index in [2.05, 4.69) is 25.9 Å². The molecule has 0 aliphatic heterocycles. The van der Waals surface area contributed by atoms with Gasteiger partial charge in [-0.15, -0.1) is 0 Å². The maximum atomic E-state index is 8.56. The van der Waals surface area contributed by atoms with E-state index in [0.717, 1.165) is 10.3 Å². The minimum Gasteiger partial charge on any atom is -0.290 e. The molecule has 0 saturated heterocycles. The van der Waals surface area contributed by atoms with Crippen LogP contribution in [-0.2, 0) is 0 Å². The molecule has 12 heavy (non-hydrogen) atoms. The second-order valence-electron chi connectivity index (χ2n) is 2.19. The maximum absolute atomic E-state index is 8.56. The Morgan fingerprint density at radius 1 is 1.42 bits per heavy atom. The number of hydrogen-bond donors (Lipinski definition) is 0. The molecular weight excluding hydrogens is 220 g/mol. The van der Waals surface area contributed by atoms with Gasteiger partial charge in [0.05, 0.1) is 12.4 Å². The van der Waals surface area contributed by atoms with E-state index in [-0.39, 0.29) is 0 Å². The van der Waals surface area contributed by atoms with Gasteiger partial charge in [0.15, 0.2) is 11.3 Å². The summed E-state index contributed by atoms with van der Waals surface area (Å²) in [5, 5.41) is 8.56. The first kappa shape index (κ1) is 7.25. The van der Waals surface area contributed by atoms with E-state index in [1.807, 2.05) is 6.07 Å². The van der Waals surface area contributed by atoms with Crippen molar-refractivity contribution in [1.29, 1.82) is 5.26 Å². The molecule has 0 unspecified atom stereocenters.